The molecule has 1 N–H and O–H groups in total. The lowest BCUT2D eigenvalue weighted by Crippen LogP contribution is -1.84. The molecule has 0 aliphatic carbocycles. The lowest BCUT2D eigenvalue weighted by atomic mass is 10.2. The molecule has 0 saturated heterocycles. The van der Waals surface area contributed by atoms with Crippen LogP contribution in [0.1, 0.15) is 53.4 Å². The van der Waals surface area contributed by atoms with Gasteiger partial charge in [-0.25, -0.2) is 0 Å². The third kappa shape index (κ3) is 48.5. The number of hydrogen-bond donors (Lipinski definition) is 1. The molecule has 0 spiro atoms. The first-order chi connectivity index (χ1) is 6.33. The van der Waals surface area contributed by atoms with Gasteiger partial charge in [-0.05, 0) is 13.8 Å². The minimum absolute atomic E-state index is 0.844. The number of aliphatic hydroxyl groups excluding tert-OH is 1. The Morgan fingerprint density at radius 1 is 0.769 bits per heavy atom. The zero-order valence-electron chi connectivity index (χ0n) is 10.1. The smallest absolute Gasteiger partial charge is 0.0437 e. The van der Waals surface area contributed by atoms with Gasteiger partial charge in [0, 0.05) is 20.3 Å². The minimum atomic E-state index is 0.844. The Morgan fingerprint density at radius 2 is 1.08 bits per heavy atom. The van der Waals surface area contributed by atoms with E-state index in [0.29, 0.717) is 0 Å². The highest BCUT2D eigenvalue weighted by Crippen LogP contribution is 1.95. The SMILES string of the molecule is CCCCCC.CCOCC.CO. The van der Waals surface area contributed by atoms with Crippen molar-refractivity contribution in [1.29, 1.82) is 0 Å². The number of hydrogen-bond acceptors (Lipinski definition) is 2. The van der Waals surface area contributed by atoms with Gasteiger partial charge in [-0.1, -0.05) is 39.5 Å². The van der Waals surface area contributed by atoms with Crippen LogP contribution < -0.4 is 0 Å². The molecule has 0 saturated carbocycles. The molecule has 2 nitrogen and oxygen atoms in total. The van der Waals surface area contributed by atoms with E-state index in [9.17, 15) is 0 Å². The maximum Gasteiger partial charge on any atom is 0.0437 e. The first-order valence-corrected chi connectivity index (χ1v) is 5.35. The summed E-state index contributed by atoms with van der Waals surface area (Å²) >= 11 is 0. The van der Waals surface area contributed by atoms with Crippen LogP contribution in [-0.2, 0) is 4.74 Å². The Balaban J connectivity index is -0.000000131. The van der Waals surface area contributed by atoms with Crippen LogP contribution in [0.3, 0.4) is 0 Å². The molecule has 0 aliphatic heterocycles. The second-order valence-corrected chi connectivity index (χ2v) is 2.49. The summed E-state index contributed by atoms with van der Waals surface area (Å²) in [6.45, 7) is 10.1. The Kier molecular flexibility index (Phi) is 42.6. The van der Waals surface area contributed by atoms with Gasteiger partial charge in [-0.3, -0.25) is 0 Å². The fourth-order valence-electron chi connectivity index (χ4n) is 0.704. The summed E-state index contributed by atoms with van der Waals surface area (Å²) in [7, 11) is 1.00. The van der Waals surface area contributed by atoms with Crippen LogP contribution in [0.25, 0.3) is 0 Å². The van der Waals surface area contributed by atoms with Gasteiger partial charge in [0.2, 0.25) is 0 Å². The number of ether oxygens (including phenoxy) is 1. The number of rotatable bonds is 5. The highest BCUT2D eigenvalue weighted by Gasteiger charge is 1.75. The van der Waals surface area contributed by atoms with Crippen molar-refractivity contribution >= 4 is 0 Å². The van der Waals surface area contributed by atoms with Crippen molar-refractivity contribution in [1.82, 2.24) is 0 Å². The third-order valence-electron chi connectivity index (χ3n) is 1.37. The zero-order chi connectivity index (χ0) is 10.9. The van der Waals surface area contributed by atoms with E-state index in [0.717, 1.165) is 20.3 Å². The summed E-state index contributed by atoms with van der Waals surface area (Å²) in [6, 6.07) is 0. The molecule has 0 aromatic rings. The van der Waals surface area contributed by atoms with Crippen molar-refractivity contribution in [3.63, 3.8) is 0 Å². The molecular formula is C11H28O2. The van der Waals surface area contributed by atoms with Crippen LogP contribution in [0.2, 0.25) is 0 Å². The lowest BCUT2D eigenvalue weighted by molar-refractivity contribution is 0.162. The Morgan fingerprint density at radius 3 is 1.15 bits per heavy atom. The molecule has 0 rings (SSSR count). The van der Waals surface area contributed by atoms with E-state index in [1.54, 1.807) is 0 Å². The van der Waals surface area contributed by atoms with Crippen molar-refractivity contribution in [2.75, 3.05) is 20.3 Å². The van der Waals surface area contributed by atoms with Gasteiger partial charge in [-0.15, -0.1) is 0 Å². The third-order valence-corrected chi connectivity index (χ3v) is 1.37. The molecule has 0 heterocycles. The second-order valence-electron chi connectivity index (χ2n) is 2.49. The van der Waals surface area contributed by atoms with Crippen LogP contribution in [0.4, 0.5) is 0 Å². The van der Waals surface area contributed by atoms with E-state index in [4.69, 9.17) is 9.84 Å². The maximum atomic E-state index is 7.00. The average molecular weight is 192 g/mol. The van der Waals surface area contributed by atoms with Crippen molar-refractivity contribution in [3.05, 3.63) is 0 Å². The topological polar surface area (TPSA) is 29.5 Å². The fourth-order valence-corrected chi connectivity index (χ4v) is 0.704. The normalized spacial score (nSPS) is 7.85. The molecule has 2 heteroatoms. The summed E-state index contributed by atoms with van der Waals surface area (Å²) in [5, 5.41) is 7.00. The number of unbranched alkanes of at least 4 members (excludes halogenated alkanes) is 3. The molecule has 0 radical (unpaired) electrons. The summed E-state index contributed by atoms with van der Waals surface area (Å²) in [4.78, 5) is 0. The van der Waals surface area contributed by atoms with Crippen LogP contribution >= 0.6 is 0 Å². The Bertz CT molecular complexity index is 41.4. The van der Waals surface area contributed by atoms with Gasteiger partial charge in [0.25, 0.3) is 0 Å². The second kappa shape index (κ2) is 29.7. The van der Waals surface area contributed by atoms with Gasteiger partial charge >= 0.3 is 0 Å². The fraction of sp³-hybridized carbons (Fsp3) is 1.00. The molecular weight excluding hydrogens is 164 g/mol. The minimum Gasteiger partial charge on any atom is -0.400 e. The first-order valence-electron chi connectivity index (χ1n) is 5.35. The van der Waals surface area contributed by atoms with E-state index in [1.807, 2.05) is 13.8 Å². The molecule has 0 atom stereocenters. The molecule has 0 amide bonds. The monoisotopic (exact) mass is 192 g/mol. The van der Waals surface area contributed by atoms with Crippen LogP contribution in [-0.4, -0.2) is 25.4 Å². The first kappa shape index (κ1) is 18.7. The molecule has 0 aliphatic rings. The van der Waals surface area contributed by atoms with Crippen molar-refractivity contribution in [3.8, 4) is 0 Å². The van der Waals surface area contributed by atoms with E-state index >= 15 is 0 Å². The van der Waals surface area contributed by atoms with Crippen molar-refractivity contribution in [2.24, 2.45) is 0 Å². The predicted molar refractivity (Wildman–Crippen MR) is 60.1 cm³/mol. The average Bonchev–Trinajstić information content (AvgIpc) is 2.20. The molecule has 0 bridgehead atoms. The zero-order valence-corrected chi connectivity index (χ0v) is 10.1. The summed E-state index contributed by atoms with van der Waals surface area (Å²) in [6.07, 6.45) is 5.54. The predicted octanol–water partition coefficient (Wildman–Crippen LogP) is 3.24. The van der Waals surface area contributed by atoms with Gasteiger partial charge in [-0.2, -0.15) is 0 Å². The van der Waals surface area contributed by atoms with Gasteiger partial charge in [0.1, 0.15) is 0 Å². The van der Waals surface area contributed by atoms with Crippen molar-refractivity contribution in [2.45, 2.75) is 53.4 Å². The highest BCUT2D eigenvalue weighted by atomic mass is 16.5. The van der Waals surface area contributed by atoms with E-state index in [-0.39, 0.29) is 0 Å². The van der Waals surface area contributed by atoms with Crippen molar-refractivity contribution < 1.29 is 9.84 Å². The summed E-state index contributed by atoms with van der Waals surface area (Å²) < 4.78 is 4.83. The lowest BCUT2D eigenvalue weighted by Gasteiger charge is -1.86. The molecule has 0 aromatic carbocycles. The molecule has 13 heavy (non-hydrogen) atoms. The standard InChI is InChI=1S/C6H14.C4H10O.CH4O/c1-3-5-6-4-2;1-3-5-4-2;1-2/h3-6H2,1-2H3;3-4H2,1-2H3;2H,1H3. The molecule has 0 unspecified atom stereocenters. The maximum absolute atomic E-state index is 7.00. The summed E-state index contributed by atoms with van der Waals surface area (Å²) in [5.41, 5.74) is 0. The Hall–Kier alpha value is -0.0800. The van der Waals surface area contributed by atoms with Crippen LogP contribution in [0, 0.1) is 0 Å². The highest BCUT2D eigenvalue weighted by molar-refractivity contribution is 4.31. The van der Waals surface area contributed by atoms with Crippen LogP contribution in [0.15, 0.2) is 0 Å². The van der Waals surface area contributed by atoms with E-state index in [1.165, 1.54) is 25.7 Å². The van der Waals surface area contributed by atoms with Gasteiger partial charge in [0.15, 0.2) is 0 Å². The van der Waals surface area contributed by atoms with E-state index in [2.05, 4.69) is 13.8 Å². The Labute approximate surface area is 84.3 Å². The summed E-state index contributed by atoms with van der Waals surface area (Å²) in [5.74, 6) is 0. The number of aliphatic hydroxyl groups is 1. The van der Waals surface area contributed by atoms with Gasteiger partial charge in [0.05, 0.1) is 0 Å². The quantitative estimate of drug-likeness (QED) is 0.678. The largest absolute Gasteiger partial charge is 0.400 e. The molecule has 0 fully saturated rings. The van der Waals surface area contributed by atoms with E-state index < -0.39 is 0 Å². The molecule has 84 valence electrons. The van der Waals surface area contributed by atoms with Crippen LogP contribution in [0.5, 0.6) is 0 Å². The molecule has 0 aromatic heterocycles. The van der Waals surface area contributed by atoms with Gasteiger partial charge < -0.3 is 9.84 Å².